The fourth-order valence-corrected chi connectivity index (χ4v) is 0.657. The zero-order chi connectivity index (χ0) is 8.15. The molecule has 0 aromatic rings. The third-order valence-electron chi connectivity index (χ3n) is 1.99. The molecule has 0 amide bonds. The highest BCUT2D eigenvalue weighted by Crippen LogP contribution is 2.07. The Morgan fingerprint density at radius 3 is 1.80 bits per heavy atom. The van der Waals surface area contributed by atoms with Gasteiger partial charge in [-0.15, -0.1) is 0 Å². The second-order valence-corrected chi connectivity index (χ2v) is 3.78. The minimum atomic E-state index is 0.626. The van der Waals surface area contributed by atoms with E-state index in [1.54, 1.807) is 0 Å². The summed E-state index contributed by atoms with van der Waals surface area (Å²) >= 11 is 0. The molecular weight excluding hydrogens is 122 g/mol. The Kier molecular flexibility index (Phi) is 4.71. The van der Waals surface area contributed by atoms with Crippen molar-refractivity contribution in [2.45, 2.75) is 40.7 Å². The van der Waals surface area contributed by atoms with E-state index in [1.807, 2.05) is 0 Å². The van der Waals surface area contributed by atoms with Gasteiger partial charge in [0.2, 0.25) is 0 Å². The van der Waals surface area contributed by atoms with E-state index in [4.69, 9.17) is 0 Å². The quantitative estimate of drug-likeness (QED) is 0.636. The molecule has 0 aliphatic rings. The van der Waals surface area contributed by atoms with E-state index in [-0.39, 0.29) is 0 Å². The maximum absolute atomic E-state index is 3.43. The Balaban J connectivity index is 3.30. The van der Waals surface area contributed by atoms with Crippen molar-refractivity contribution in [2.24, 2.45) is 11.8 Å². The summed E-state index contributed by atoms with van der Waals surface area (Å²) in [5, 5.41) is 3.43. The van der Waals surface area contributed by atoms with Gasteiger partial charge in [0, 0.05) is 6.04 Å². The minimum Gasteiger partial charge on any atom is -0.314 e. The van der Waals surface area contributed by atoms with Crippen molar-refractivity contribution >= 4 is 0 Å². The molecule has 10 heavy (non-hydrogen) atoms. The van der Waals surface area contributed by atoms with Crippen LogP contribution in [-0.2, 0) is 0 Å². The number of nitrogens with one attached hydrogen (secondary N) is 1. The smallest absolute Gasteiger partial charge is 0.00104 e. The van der Waals surface area contributed by atoms with Gasteiger partial charge in [-0.25, -0.2) is 0 Å². The minimum absolute atomic E-state index is 0.626. The third-order valence-corrected chi connectivity index (χ3v) is 1.99. The van der Waals surface area contributed by atoms with Crippen molar-refractivity contribution in [3.8, 4) is 0 Å². The third kappa shape index (κ3) is 4.80. The molecule has 0 aromatic heterocycles. The van der Waals surface area contributed by atoms with Crippen LogP contribution in [-0.4, -0.2) is 12.6 Å². The summed E-state index contributed by atoms with van der Waals surface area (Å²) in [6.07, 6.45) is 0. The lowest BCUT2D eigenvalue weighted by Crippen LogP contribution is -2.29. The molecule has 62 valence electrons. The van der Waals surface area contributed by atoms with E-state index in [0.717, 1.165) is 18.4 Å². The first kappa shape index (κ1) is 9.96. The molecule has 0 aliphatic carbocycles. The largest absolute Gasteiger partial charge is 0.314 e. The second kappa shape index (κ2) is 4.73. The number of rotatable bonds is 4. The summed E-state index contributed by atoms with van der Waals surface area (Å²) in [4.78, 5) is 0. The van der Waals surface area contributed by atoms with E-state index >= 15 is 0 Å². The zero-order valence-electron chi connectivity index (χ0n) is 7.94. The standard InChI is InChI=1S/C9H21N/c1-7(2)9(5)6-10-8(3)4/h7-10H,6H2,1-5H3. The summed E-state index contributed by atoms with van der Waals surface area (Å²) < 4.78 is 0. The molecule has 0 fully saturated rings. The van der Waals surface area contributed by atoms with E-state index in [2.05, 4.69) is 39.9 Å². The Morgan fingerprint density at radius 1 is 1.00 bits per heavy atom. The lowest BCUT2D eigenvalue weighted by atomic mass is 9.98. The van der Waals surface area contributed by atoms with E-state index in [1.165, 1.54) is 0 Å². The summed E-state index contributed by atoms with van der Waals surface area (Å²) in [5.74, 6) is 1.59. The molecule has 1 atom stereocenters. The maximum atomic E-state index is 3.43. The van der Waals surface area contributed by atoms with Crippen molar-refractivity contribution in [2.75, 3.05) is 6.54 Å². The average molecular weight is 143 g/mol. The molecule has 0 aliphatic heterocycles. The molecule has 0 rings (SSSR count). The number of hydrogen-bond acceptors (Lipinski definition) is 1. The Bertz CT molecular complexity index is 76.8. The predicted molar refractivity (Wildman–Crippen MR) is 47.1 cm³/mol. The molecule has 1 N–H and O–H groups in total. The van der Waals surface area contributed by atoms with Gasteiger partial charge in [-0.2, -0.15) is 0 Å². The molecule has 0 saturated carbocycles. The van der Waals surface area contributed by atoms with Crippen LogP contribution in [0, 0.1) is 11.8 Å². The summed E-state index contributed by atoms with van der Waals surface area (Å²) in [6.45, 7) is 12.4. The fourth-order valence-electron chi connectivity index (χ4n) is 0.657. The van der Waals surface area contributed by atoms with Gasteiger partial charge in [0.05, 0.1) is 0 Å². The van der Waals surface area contributed by atoms with Gasteiger partial charge < -0.3 is 5.32 Å². The van der Waals surface area contributed by atoms with E-state index < -0.39 is 0 Å². The molecule has 0 aromatic carbocycles. The second-order valence-electron chi connectivity index (χ2n) is 3.78. The first-order valence-corrected chi connectivity index (χ1v) is 4.27. The predicted octanol–water partition coefficient (Wildman–Crippen LogP) is 2.28. The fraction of sp³-hybridized carbons (Fsp3) is 1.00. The zero-order valence-corrected chi connectivity index (χ0v) is 7.94. The first-order chi connectivity index (χ1) is 4.54. The maximum Gasteiger partial charge on any atom is 0.00104 e. The molecule has 0 radical (unpaired) electrons. The molecule has 0 heterocycles. The van der Waals surface area contributed by atoms with Crippen LogP contribution in [0.2, 0.25) is 0 Å². The molecule has 0 spiro atoms. The first-order valence-electron chi connectivity index (χ1n) is 4.27. The molecule has 0 saturated heterocycles. The lowest BCUT2D eigenvalue weighted by Gasteiger charge is -2.17. The Morgan fingerprint density at radius 2 is 1.50 bits per heavy atom. The Labute approximate surface area is 65.2 Å². The normalized spacial score (nSPS) is 14.7. The Hall–Kier alpha value is -0.0400. The monoisotopic (exact) mass is 143 g/mol. The highest BCUT2D eigenvalue weighted by atomic mass is 14.9. The van der Waals surface area contributed by atoms with Gasteiger partial charge in [-0.05, 0) is 18.4 Å². The van der Waals surface area contributed by atoms with Crippen LogP contribution in [0.3, 0.4) is 0 Å². The highest BCUT2D eigenvalue weighted by molar-refractivity contribution is 4.62. The topological polar surface area (TPSA) is 12.0 Å². The number of hydrogen-bond donors (Lipinski definition) is 1. The molecule has 0 bridgehead atoms. The van der Waals surface area contributed by atoms with Crippen LogP contribution < -0.4 is 5.32 Å². The van der Waals surface area contributed by atoms with E-state index in [9.17, 15) is 0 Å². The molecular formula is C9H21N. The van der Waals surface area contributed by atoms with Gasteiger partial charge >= 0.3 is 0 Å². The molecule has 1 nitrogen and oxygen atoms in total. The van der Waals surface area contributed by atoms with Crippen LogP contribution >= 0.6 is 0 Å². The van der Waals surface area contributed by atoms with Crippen LogP contribution in [0.25, 0.3) is 0 Å². The van der Waals surface area contributed by atoms with E-state index in [0.29, 0.717) is 6.04 Å². The molecule has 1 unspecified atom stereocenters. The van der Waals surface area contributed by atoms with Gasteiger partial charge in [-0.3, -0.25) is 0 Å². The van der Waals surface area contributed by atoms with Gasteiger partial charge in [0.1, 0.15) is 0 Å². The van der Waals surface area contributed by atoms with Crippen molar-refractivity contribution in [3.05, 3.63) is 0 Å². The van der Waals surface area contributed by atoms with Crippen LogP contribution in [0.1, 0.15) is 34.6 Å². The van der Waals surface area contributed by atoms with Crippen LogP contribution in [0.15, 0.2) is 0 Å². The summed E-state index contributed by atoms with van der Waals surface area (Å²) in [7, 11) is 0. The van der Waals surface area contributed by atoms with Gasteiger partial charge in [0.25, 0.3) is 0 Å². The summed E-state index contributed by atoms with van der Waals surface area (Å²) in [5.41, 5.74) is 0. The molecule has 1 heteroatoms. The van der Waals surface area contributed by atoms with Crippen LogP contribution in [0.5, 0.6) is 0 Å². The van der Waals surface area contributed by atoms with Crippen molar-refractivity contribution in [1.82, 2.24) is 5.32 Å². The van der Waals surface area contributed by atoms with Gasteiger partial charge in [-0.1, -0.05) is 34.6 Å². The summed E-state index contributed by atoms with van der Waals surface area (Å²) in [6, 6.07) is 0.626. The lowest BCUT2D eigenvalue weighted by molar-refractivity contribution is 0.379. The van der Waals surface area contributed by atoms with Crippen molar-refractivity contribution in [3.63, 3.8) is 0 Å². The van der Waals surface area contributed by atoms with Crippen LogP contribution in [0.4, 0.5) is 0 Å². The van der Waals surface area contributed by atoms with Crippen molar-refractivity contribution < 1.29 is 0 Å². The highest BCUT2D eigenvalue weighted by Gasteiger charge is 2.06. The SMILES string of the molecule is CC(C)NCC(C)C(C)C. The van der Waals surface area contributed by atoms with Crippen molar-refractivity contribution in [1.29, 1.82) is 0 Å². The average Bonchev–Trinajstić information content (AvgIpc) is 1.82. The van der Waals surface area contributed by atoms with Gasteiger partial charge in [0.15, 0.2) is 0 Å².